The van der Waals surface area contributed by atoms with Crippen LogP contribution in [0.4, 0.5) is 0 Å². The fourth-order valence-corrected chi connectivity index (χ4v) is 3.46. The highest BCUT2D eigenvalue weighted by molar-refractivity contribution is 5.40. The average Bonchev–Trinajstić information content (AvgIpc) is 2.34. The van der Waals surface area contributed by atoms with Crippen molar-refractivity contribution in [1.29, 1.82) is 0 Å². The molecule has 0 bridgehead atoms. The SMILES string of the molecule is CNC(c1c(C)cc(C)cc1C)C1CCCNC1. The van der Waals surface area contributed by atoms with Gasteiger partial charge in [0.25, 0.3) is 0 Å². The predicted octanol–water partition coefficient (Wildman–Crippen LogP) is 2.87. The smallest absolute Gasteiger partial charge is 0.0363 e. The Hall–Kier alpha value is -0.860. The summed E-state index contributed by atoms with van der Waals surface area (Å²) in [5, 5.41) is 7.08. The Labute approximate surface area is 111 Å². The molecule has 2 heteroatoms. The topological polar surface area (TPSA) is 24.1 Å². The van der Waals surface area contributed by atoms with Crippen LogP contribution < -0.4 is 10.6 Å². The number of hydrogen-bond acceptors (Lipinski definition) is 2. The van der Waals surface area contributed by atoms with E-state index in [0.29, 0.717) is 12.0 Å². The fourth-order valence-electron chi connectivity index (χ4n) is 3.46. The highest BCUT2D eigenvalue weighted by Crippen LogP contribution is 2.31. The summed E-state index contributed by atoms with van der Waals surface area (Å²) in [4.78, 5) is 0. The quantitative estimate of drug-likeness (QED) is 0.857. The molecule has 2 nitrogen and oxygen atoms in total. The van der Waals surface area contributed by atoms with Crippen LogP contribution in [0.3, 0.4) is 0 Å². The fraction of sp³-hybridized carbons (Fsp3) is 0.625. The van der Waals surface area contributed by atoms with Crippen LogP contribution >= 0.6 is 0 Å². The van der Waals surface area contributed by atoms with Crippen LogP contribution in [-0.4, -0.2) is 20.1 Å². The van der Waals surface area contributed by atoms with Gasteiger partial charge in [0.15, 0.2) is 0 Å². The van der Waals surface area contributed by atoms with Gasteiger partial charge in [0.05, 0.1) is 0 Å². The van der Waals surface area contributed by atoms with Crippen LogP contribution in [-0.2, 0) is 0 Å². The van der Waals surface area contributed by atoms with Crippen molar-refractivity contribution in [1.82, 2.24) is 10.6 Å². The molecule has 1 heterocycles. The lowest BCUT2D eigenvalue weighted by Crippen LogP contribution is -2.38. The first-order valence-electron chi connectivity index (χ1n) is 7.09. The van der Waals surface area contributed by atoms with Crippen molar-refractivity contribution in [3.05, 3.63) is 34.4 Å². The Morgan fingerprint density at radius 2 is 1.89 bits per heavy atom. The van der Waals surface area contributed by atoms with Gasteiger partial charge in [-0.2, -0.15) is 0 Å². The van der Waals surface area contributed by atoms with E-state index in [1.54, 1.807) is 0 Å². The van der Waals surface area contributed by atoms with Gasteiger partial charge in [-0.05, 0) is 76.4 Å². The van der Waals surface area contributed by atoms with E-state index in [0.717, 1.165) is 6.54 Å². The van der Waals surface area contributed by atoms with E-state index in [9.17, 15) is 0 Å². The van der Waals surface area contributed by atoms with E-state index >= 15 is 0 Å². The van der Waals surface area contributed by atoms with Gasteiger partial charge in [0.1, 0.15) is 0 Å². The van der Waals surface area contributed by atoms with Crippen LogP contribution in [0.2, 0.25) is 0 Å². The van der Waals surface area contributed by atoms with Gasteiger partial charge >= 0.3 is 0 Å². The van der Waals surface area contributed by atoms with Gasteiger partial charge in [-0.1, -0.05) is 17.7 Å². The first-order chi connectivity index (χ1) is 8.63. The number of piperidine rings is 1. The summed E-state index contributed by atoms with van der Waals surface area (Å²) < 4.78 is 0. The second-order valence-electron chi connectivity index (χ2n) is 5.69. The third-order valence-electron chi connectivity index (χ3n) is 4.17. The standard InChI is InChI=1S/C16H26N2/c1-11-8-12(2)15(13(3)9-11)16(17-4)14-6-5-7-18-10-14/h8-9,14,16-18H,5-7,10H2,1-4H3. The van der Waals surface area contributed by atoms with Crippen molar-refractivity contribution < 1.29 is 0 Å². The van der Waals surface area contributed by atoms with Crippen molar-refractivity contribution in [2.75, 3.05) is 20.1 Å². The van der Waals surface area contributed by atoms with E-state index < -0.39 is 0 Å². The molecule has 0 amide bonds. The third-order valence-corrected chi connectivity index (χ3v) is 4.17. The number of aryl methyl sites for hydroxylation is 3. The van der Waals surface area contributed by atoms with E-state index in [1.807, 2.05) is 0 Å². The molecule has 1 saturated heterocycles. The molecule has 1 aromatic rings. The van der Waals surface area contributed by atoms with Gasteiger partial charge in [0.2, 0.25) is 0 Å². The Balaban J connectivity index is 2.32. The molecule has 18 heavy (non-hydrogen) atoms. The molecule has 2 atom stereocenters. The van der Waals surface area contributed by atoms with E-state index in [4.69, 9.17) is 0 Å². The maximum absolute atomic E-state index is 3.55. The van der Waals surface area contributed by atoms with Crippen LogP contribution in [0.15, 0.2) is 12.1 Å². The van der Waals surface area contributed by atoms with E-state index in [1.165, 1.54) is 41.6 Å². The first kappa shape index (κ1) is 13.6. The van der Waals surface area contributed by atoms with Crippen molar-refractivity contribution in [3.8, 4) is 0 Å². The lowest BCUT2D eigenvalue weighted by molar-refractivity contribution is 0.297. The van der Waals surface area contributed by atoms with Gasteiger partial charge in [-0.25, -0.2) is 0 Å². The molecule has 1 fully saturated rings. The zero-order valence-corrected chi connectivity index (χ0v) is 12.1. The summed E-state index contributed by atoms with van der Waals surface area (Å²) in [7, 11) is 2.10. The molecule has 100 valence electrons. The monoisotopic (exact) mass is 246 g/mol. The molecule has 0 saturated carbocycles. The van der Waals surface area contributed by atoms with Gasteiger partial charge in [-0.3, -0.25) is 0 Å². The number of nitrogens with one attached hydrogen (secondary N) is 2. The lowest BCUT2D eigenvalue weighted by Gasteiger charge is -2.33. The molecular weight excluding hydrogens is 220 g/mol. The summed E-state index contributed by atoms with van der Waals surface area (Å²) in [5.74, 6) is 0.712. The maximum Gasteiger partial charge on any atom is 0.0363 e. The molecule has 1 aromatic carbocycles. The normalized spacial score (nSPS) is 21.9. The lowest BCUT2D eigenvalue weighted by atomic mass is 9.83. The summed E-state index contributed by atoms with van der Waals surface area (Å²) in [6.45, 7) is 8.99. The third kappa shape index (κ3) is 2.76. The highest BCUT2D eigenvalue weighted by atomic mass is 14.9. The van der Waals surface area contributed by atoms with Gasteiger partial charge in [0, 0.05) is 6.04 Å². The molecule has 0 aromatic heterocycles. The number of benzene rings is 1. The van der Waals surface area contributed by atoms with Crippen LogP contribution in [0.1, 0.15) is 41.1 Å². The highest BCUT2D eigenvalue weighted by Gasteiger charge is 2.25. The molecule has 0 radical (unpaired) electrons. The van der Waals surface area contributed by atoms with Gasteiger partial charge < -0.3 is 10.6 Å². The molecule has 2 rings (SSSR count). The zero-order valence-electron chi connectivity index (χ0n) is 12.1. The zero-order chi connectivity index (χ0) is 13.1. The van der Waals surface area contributed by atoms with Crippen LogP contribution in [0.5, 0.6) is 0 Å². The second-order valence-corrected chi connectivity index (χ2v) is 5.69. The first-order valence-corrected chi connectivity index (χ1v) is 7.09. The Morgan fingerprint density at radius 1 is 1.22 bits per heavy atom. The summed E-state index contributed by atoms with van der Waals surface area (Å²) in [6.07, 6.45) is 2.62. The van der Waals surface area contributed by atoms with E-state index in [2.05, 4.69) is 50.6 Å². The largest absolute Gasteiger partial charge is 0.316 e. The second kappa shape index (κ2) is 5.85. The molecule has 2 unspecified atom stereocenters. The Kier molecular flexibility index (Phi) is 4.41. The Morgan fingerprint density at radius 3 is 2.39 bits per heavy atom. The number of rotatable bonds is 3. The summed E-state index contributed by atoms with van der Waals surface area (Å²) in [6, 6.07) is 5.10. The molecule has 0 aliphatic carbocycles. The predicted molar refractivity (Wildman–Crippen MR) is 78.0 cm³/mol. The minimum atomic E-state index is 0.485. The summed E-state index contributed by atoms with van der Waals surface area (Å²) in [5.41, 5.74) is 5.73. The minimum absolute atomic E-state index is 0.485. The van der Waals surface area contributed by atoms with E-state index in [-0.39, 0.29) is 0 Å². The van der Waals surface area contributed by atoms with Crippen molar-refractivity contribution >= 4 is 0 Å². The molecule has 1 aliphatic rings. The molecule has 0 spiro atoms. The minimum Gasteiger partial charge on any atom is -0.316 e. The van der Waals surface area contributed by atoms with Gasteiger partial charge in [-0.15, -0.1) is 0 Å². The van der Waals surface area contributed by atoms with Crippen molar-refractivity contribution in [2.45, 2.75) is 39.7 Å². The summed E-state index contributed by atoms with van der Waals surface area (Å²) >= 11 is 0. The molecule has 2 N–H and O–H groups in total. The maximum atomic E-state index is 3.55. The van der Waals surface area contributed by atoms with Crippen LogP contribution in [0, 0.1) is 26.7 Å². The molecule has 1 aliphatic heterocycles. The Bertz CT molecular complexity index is 383. The van der Waals surface area contributed by atoms with Crippen molar-refractivity contribution in [3.63, 3.8) is 0 Å². The van der Waals surface area contributed by atoms with Crippen LogP contribution in [0.25, 0.3) is 0 Å². The average molecular weight is 246 g/mol. The molecular formula is C16H26N2. The number of hydrogen-bond donors (Lipinski definition) is 2. The van der Waals surface area contributed by atoms with Crippen molar-refractivity contribution in [2.24, 2.45) is 5.92 Å².